The minimum Gasteiger partial charge on any atom is -0.382 e. The molecule has 0 saturated heterocycles. The van der Waals surface area contributed by atoms with E-state index in [0.29, 0.717) is 5.69 Å². The molecule has 3 nitrogen and oxygen atoms in total. The normalized spacial score (nSPS) is 9.43. The molecule has 3 N–H and O–H groups in total. The van der Waals surface area contributed by atoms with Crippen molar-refractivity contribution in [3.63, 3.8) is 0 Å². The highest BCUT2D eigenvalue weighted by Gasteiger charge is 2.02. The van der Waals surface area contributed by atoms with Gasteiger partial charge in [-0.25, -0.2) is 0 Å². The Morgan fingerprint density at radius 3 is 2.64 bits per heavy atom. The second-order valence-electron chi connectivity index (χ2n) is 2.79. The number of benzene rings is 1. The first kappa shape index (κ1) is 10.5. The highest BCUT2D eigenvalue weighted by Crippen LogP contribution is 2.15. The molecule has 0 unspecified atom stereocenters. The number of hydrogen-bond acceptors (Lipinski definition) is 2. The molecule has 0 aliphatic heterocycles. The van der Waals surface area contributed by atoms with Gasteiger partial charge in [-0.3, -0.25) is 10.4 Å². The lowest BCUT2D eigenvalue weighted by molar-refractivity contribution is 1.28. The van der Waals surface area contributed by atoms with Crippen LogP contribution in [0.25, 0.3) is 10.8 Å². The SMILES string of the molecule is Cl.N=C(N)c1nccc2ccccc12. The van der Waals surface area contributed by atoms with Crippen molar-refractivity contribution in [1.29, 1.82) is 5.41 Å². The van der Waals surface area contributed by atoms with Crippen LogP contribution in [0.2, 0.25) is 0 Å². The summed E-state index contributed by atoms with van der Waals surface area (Å²) in [6.07, 6.45) is 1.67. The van der Waals surface area contributed by atoms with E-state index in [1.807, 2.05) is 30.3 Å². The van der Waals surface area contributed by atoms with Crippen molar-refractivity contribution < 1.29 is 0 Å². The molecule has 2 aromatic rings. The average Bonchev–Trinajstić information content (AvgIpc) is 2.17. The van der Waals surface area contributed by atoms with Gasteiger partial charge in [0.05, 0.1) is 0 Å². The van der Waals surface area contributed by atoms with Gasteiger partial charge in [-0.2, -0.15) is 0 Å². The molecule has 1 aromatic heterocycles. The Kier molecular flexibility index (Phi) is 3.04. The van der Waals surface area contributed by atoms with E-state index in [2.05, 4.69) is 4.98 Å². The van der Waals surface area contributed by atoms with Crippen LogP contribution in [0, 0.1) is 5.41 Å². The number of amidine groups is 1. The molecule has 0 aliphatic carbocycles. The zero-order chi connectivity index (χ0) is 9.26. The molecule has 2 rings (SSSR count). The molecule has 0 spiro atoms. The van der Waals surface area contributed by atoms with Gasteiger partial charge in [0.15, 0.2) is 0 Å². The van der Waals surface area contributed by atoms with Crippen LogP contribution >= 0.6 is 12.4 Å². The fourth-order valence-electron chi connectivity index (χ4n) is 1.33. The third-order valence-corrected chi connectivity index (χ3v) is 1.93. The van der Waals surface area contributed by atoms with Crippen molar-refractivity contribution in [3.8, 4) is 0 Å². The lowest BCUT2D eigenvalue weighted by atomic mass is 10.1. The third kappa shape index (κ3) is 1.67. The van der Waals surface area contributed by atoms with E-state index in [1.165, 1.54) is 0 Å². The maximum atomic E-state index is 7.33. The van der Waals surface area contributed by atoms with Crippen LogP contribution < -0.4 is 5.73 Å². The minimum absolute atomic E-state index is 0. The van der Waals surface area contributed by atoms with Crippen LogP contribution in [0.5, 0.6) is 0 Å². The zero-order valence-corrected chi connectivity index (χ0v) is 8.21. The summed E-state index contributed by atoms with van der Waals surface area (Å²) in [6.45, 7) is 0. The number of nitrogens with two attached hydrogens (primary N) is 1. The standard InChI is InChI=1S/C10H9N3.ClH/c11-10(12)9-8-4-2-1-3-7(8)5-6-13-9;/h1-6H,(H3,11,12);1H. The van der Waals surface area contributed by atoms with Crippen molar-refractivity contribution in [3.05, 3.63) is 42.2 Å². The minimum atomic E-state index is 0. The molecule has 72 valence electrons. The van der Waals surface area contributed by atoms with Gasteiger partial charge in [-0.1, -0.05) is 24.3 Å². The fourth-order valence-corrected chi connectivity index (χ4v) is 1.33. The topological polar surface area (TPSA) is 62.8 Å². The molecule has 4 heteroatoms. The quantitative estimate of drug-likeness (QED) is 0.555. The molecule has 0 saturated carbocycles. The van der Waals surface area contributed by atoms with E-state index in [9.17, 15) is 0 Å². The maximum Gasteiger partial charge on any atom is 0.142 e. The number of aromatic nitrogens is 1. The zero-order valence-electron chi connectivity index (χ0n) is 7.40. The molecule has 1 heterocycles. The van der Waals surface area contributed by atoms with Crippen LogP contribution in [0.3, 0.4) is 0 Å². The van der Waals surface area contributed by atoms with Gasteiger partial charge in [0.2, 0.25) is 0 Å². The fraction of sp³-hybridized carbons (Fsp3) is 0. The van der Waals surface area contributed by atoms with E-state index in [0.717, 1.165) is 10.8 Å². The average molecular weight is 208 g/mol. The van der Waals surface area contributed by atoms with E-state index >= 15 is 0 Å². The van der Waals surface area contributed by atoms with Crippen LogP contribution in [0.15, 0.2) is 36.5 Å². The lowest BCUT2D eigenvalue weighted by Gasteiger charge is -2.02. The van der Waals surface area contributed by atoms with Crippen molar-refractivity contribution >= 4 is 29.0 Å². The Balaban J connectivity index is 0.000000980. The summed E-state index contributed by atoms with van der Waals surface area (Å²) in [5.41, 5.74) is 5.95. The predicted octanol–water partition coefficient (Wildman–Crippen LogP) is 1.94. The van der Waals surface area contributed by atoms with Gasteiger partial charge in [-0.05, 0) is 11.5 Å². The van der Waals surface area contributed by atoms with Gasteiger partial charge in [0.25, 0.3) is 0 Å². The Morgan fingerprint density at radius 1 is 1.21 bits per heavy atom. The van der Waals surface area contributed by atoms with E-state index in [4.69, 9.17) is 11.1 Å². The number of hydrogen-bond donors (Lipinski definition) is 2. The van der Waals surface area contributed by atoms with Crippen LogP contribution in [0.4, 0.5) is 0 Å². The molecule has 0 fully saturated rings. The summed E-state index contributed by atoms with van der Waals surface area (Å²) in [5, 5.41) is 9.32. The highest BCUT2D eigenvalue weighted by molar-refractivity contribution is 6.05. The van der Waals surface area contributed by atoms with Crippen molar-refractivity contribution in [2.24, 2.45) is 5.73 Å². The first-order valence-corrected chi connectivity index (χ1v) is 3.97. The second-order valence-corrected chi connectivity index (χ2v) is 2.79. The van der Waals surface area contributed by atoms with Gasteiger partial charge < -0.3 is 5.73 Å². The van der Waals surface area contributed by atoms with Gasteiger partial charge in [0.1, 0.15) is 11.5 Å². The first-order chi connectivity index (χ1) is 6.29. The summed E-state index contributed by atoms with van der Waals surface area (Å²) in [5.74, 6) is 0.0109. The van der Waals surface area contributed by atoms with Crippen LogP contribution in [-0.4, -0.2) is 10.8 Å². The summed E-state index contributed by atoms with van der Waals surface area (Å²) in [6, 6.07) is 9.66. The lowest BCUT2D eigenvalue weighted by Crippen LogP contribution is -2.13. The Labute approximate surface area is 87.9 Å². The first-order valence-electron chi connectivity index (χ1n) is 3.97. The predicted molar refractivity (Wildman–Crippen MR) is 60.0 cm³/mol. The summed E-state index contributed by atoms with van der Waals surface area (Å²) >= 11 is 0. The molecule has 0 amide bonds. The Hall–Kier alpha value is -1.61. The summed E-state index contributed by atoms with van der Waals surface area (Å²) < 4.78 is 0. The van der Waals surface area contributed by atoms with Crippen molar-refractivity contribution in [2.75, 3.05) is 0 Å². The van der Waals surface area contributed by atoms with E-state index in [1.54, 1.807) is 6.20 Å². The summed E-state index contributed by atoms with van der Waals surface area (Å²) in [4.78, 5) is 4.06. The number of halogens is 1. The molecule has 14 heavy (non-hydrogen) atoms. The van der Waals surface area contributed by atoms with Crippen LogP contribution in [-0.2, 0) is 0 Å². The number of fused-ring (bicyclic) bond motifs is 1. The monoisotopic (exact) mass is 207 g/mol. The number of nitrogen functional groups attached to an aromatic ring is 1. The largest absolute Gasteiger partial charge is 0.382 e. The second kappa shape index (κ2) is 4.07. The molecular formula is C10H10ClN3. The van der Waals surface area contributed by atoms with Gasteiger partial charge >= 0.3 is 0 Å². The molecular weight excluding hydrogens is 198 g/mol. The van der Waals surface area contributed by atoms with Gasteiger partial charge in [-0.15, -0.1) is 12.4 Å². The number of nitrogens with zero attached hydrogens (tertiary/aromatic N) is 1. The number of pyridine rings is 1. The molecule has 0 aliphatic rings. The van der Waals surface area contributed by atoms with Gasteiger partial charge in [0, 0.05) is 11.6 Å². The third-order valence-electron chi connectivity index (χ3n) is 1.93. The maximum absolute atomic E-state index is 7.33. The molecule has 0 radical (unpaired) electrons. The van der Waals surface area contributed by atoms with E-state index < -0.39 is 0 Å². The Morgan fingerprint density at radius 2 is 1.93 bits per heavy atom. The highest BCUT2D eigenvalue weighted by atomic mass is 35.5. The van der Waals surface area contributed by atoms with Crippen molar-refractivity contribution in [1.82, 2.24) is 4.98 Å². The Bertz CT molecular complexity index is 462. The molecule has 0 atom stereocenters. The number of nitrogens with one attached hydrogen (secondary N) is 1. The molecule has 0 bridgehead atoms. The van der Waals surface area contributed by atoms with Crippen molar-refractivity contribution in [2.45, 2.75) is 0 Å². The van der Waals surface area contributed by atoms with E-state index in [-0.39, 0.29) is 18.2 Å². The van der Waals surface area contributed by atoms with Crippen LogP contribution in [0.1, 0.15) is 5.69 Å². The smallest absolute Gasteiger partial charge is 0.142 e. The molecule has 1 aromatic carbocycles. The summed E-state index contributed by atoms with van der Waals surface area (Å²) in [7, 11) is 0. The number of rotatable bonds is 1.